The van der Waals surface area contributed by atoms with Gasteiger partial charge >= 0.3 is 5.97 Å². The Balaban J connectivity index is 2.48. The zero-order valence-electron chi connectivity index (χ0n) is 14.2. The molecule has 0 aromatic heterocycles. The number of carbonyl (C=O) groups excluding carboxylic acids is 2. The molecule has 0 aliphatic carbocycles. The number of methoxy groups -OCH3 is 1. The molecule has 0 aliphatic rings. The monoisotopic (exact) mass is 325 g/mol. The van der Waals surface area contributed by atoms with Gasteiger partial charge in [-0.25, -0.2) is 4.79 Å². The molecule has 0 spiro atoms. The third kappa shape index (κ3) is 4.22. The van der Waals surface area contributed by atoms with E-state index in [0.717, 1.165) is 11.1 Å². The number of rotatable bonds is 6. The first kappa shape index (κ1) is 17.7. The van der Waals surface area contributed by atoms with Crippen LogP contribution in [0.2, 0.25) is 0 Å². The van der Waals surface area contributed by atoms with Crippen molar-refractivity contribution in [1.82, 2.24) is 5.32 Å². The van der Waals surface area contributed by atoms with Crippen molar-refractivity contribution in [1.29, 1.82) is 0 Å². The summed E-state index contributed by atoms with van der Waals surface area (Å²) in [5, 5.41) is 2.85. The Bertz CT molecular complexity index is 628. The normalized spacial score (nSPS) is 12.0. The van der Waals surface area contributed by atoms with Gasteiger partial charge in [0.15, 0.2) is 0 Å². The lowest BCUT2D eigenvalue weighted by Gasteiger charge is -2.27. The minimum absolute atomic E-state index is 0.178. The first-order chi connectivity index (χ1) is 11.5. The highest BCUT2D eigenvalue weighted by molar-refractivity contribution is 5.86. The van der Waals surface area contributed by atoms with Crippen LogP contribution in [0.5, 0.6) is 0 Å². The summed E-state index contributed by atoms with van der Waals surface area (Å²) in [5.74, 6) is -1.17. The van der Waals surface area contributed by atoms with Crippen molar-refractivity contribution >= 4 is 11.9 Å². The van der Waals surface area contributed by atoms with Crippen molar-refractivity contribution in [3.05, 3.63) is 71.8 Å². The van der Waals surface area contributed by atoms with Crippen molar-refractivity contribution in [3.63, 3.8) is 0 Å². The maximum absolute atomic E-state index is 12.4. The Morgan fingerprint density at radius 2 is 1.33 bits per heavy atom. The Labute approximate surface area is 142 Å². The third-order valence-electron chi connectivity index (χ3n) is 3.93. The van der Waals surface area contributed by atoms with Gasteiger partial charge in [-0.3, -0.25) is 4.79 Å². The maximum Gasteiger partial charge on any atom is 0.329 e. The summed E-state index contributed by atoms with van der Waals surface area (Å²) in [6.07, 6.45) is 0. The van der Waals surface area contributed by atoms with Crippen LogP contribution in [0.3, 0.4) is 0 Å². The molecule has 0 unspecified atom stereocenters. The molecule has 0 aliphatic heterocycles. The van der Waals surface area contributed by atoms with Crippen LogP contribution in [0.15, 0.2) is 60.7 Å². The van der Waals surface area contributed by atoms with Crippen LogP contribution in [-0.2, 0) is 14.3 Å². The van der Waals surface area contributed by atoms with Crippen LogP contribution in [0, 0.1) is 5.92 Å². The Hall–Kier alpha value is -2.62. The lowest BCUT2D eigenvalue weighted by molar-refractivity contribution is -0.145. The van der Waals surface area contributed by atoms with Gasteiger partial charge in [0, 0.05) is 11.8 Å². The summed E-state index contributed by atoms with van der Waals surface area (Å²) in [7, 11) is 1.34. The molecule has 2 aromatic carbocycles. The van der Waals surface area contributed by atoms with E-state index >= 15 is 0 Å². The second kappa shape index (κ2) is 8.29. The van der Waals surface area contributed by atoms with E-state index in [1.165, 1.54) is 7.11 Å². The molecule has 0 saturated heterocycles. The fourth-order valence-corrected chi connectivity index (χ4v) is 2.62. The molecule has 0 bridgehead atoms. The van der Waals surface area contributed by atoms with Crippen LogP contribution in [0.25, 0.3) is 0 Å². The van der Waals surface area contributed by atoms with Crippen LogP contribution >= 0.6 is 0 Å². The second-order valence-corrected chi connectivity index (χ2v) is 5.96. The highest BCUT2D eigenvalue weighted by Gasteiger charge is 2.33. The molecule has 2 aromatic rings. The molecule has 126 valence electrons. The van der Waals surface area contributed by atoms with Crippen molar-refractivity contribution in [2.75, 3.05) is 7.11 Å². The number of nitrogens with one attached hydrogen (secondary N) is 1. The molecular weight excluding hydrogens is 302 g/mol. The predicted octanol–water partition coefficient (Wildman–Crippen LogP) is 3.13. The molecule has 0 heterocycles. The fourth-order valence-electron chi connectivity index (χ4n) is 2.62. The van der Waals surface area contributed by atoms with Crippen molar-refractivity contribution in [2.24, 2.45) is 5.92 Å². The number of hydrogen-bond acceptors (Lipinski definition) is 3. The van der Waals surface area contributed by atoms with Crippen LogP contribution < -0.4 is 5.32 Å². The van der Waals surface area contributed by atoms with Gasteiger partial charge in [0.25, 0.3) is 0 Å². The Morgan fingerprint density at radius 1 is 0.875 bits per heavy atom. The molecule has 1 N–H and O–H groups in total. The molecule has 0 fully saturated rings. The molecule has 2 rings (SSSR count). The largest absolute Gasteiger partial charge is 0.467 e. The van der Waals surface area contributed by atoms with Crippen molar-refractivity contribution < 1.29 is 14.3 Å². The van der Waals surface area contributed by atoms with Gasteiger partial charge < -0.3 is 10.1 Å². The number of esters is 1. The topological polar surface area (TPSA) is 55.4 Å². The molecule has 0 saturated carbocycles. The van der Waals surface area contributed by atoms with E-state index in [-0.39, 0.29) is 17.7 Å². The molecule has 0 radical (unpaired) electrons. The van der Waals surface area contributed by atoms with Crippen LogP contribution in [0.1, 0.15) is 30.9 Å². The van der Waals surface area contributed by atoms with E-state index in [4.69, 9.17) is 4.74 Å². The van der Waals surface area contributed by atoms with Gasteiger partial charge in [0.2, 0.25) is 5.91 Å². The number of benzene rings is 2. The Morgan fingerprint density at radius 3 is 1.71 bits per heavy atom. The summed E-state index contributed by atoms with van der Waals surface area (Å²) < 4.78 is 4.96. The minimum Gasteiger partial charge on any atom is -0.467 e. The van der Waals surface area contributed by atoms with Gasteiger partial charge in [-0.15, -0.1) is 0 Å². The zero-order chi connectivity index (χ0) is 17.5. The van der Waals surface area contributed by atoms with E-state index in [0.29, 0.717) is 0 Å². The zero-order valence-corrected chi connectivity index (χ0v) is 14.2. The van der Waals surface area contributed by atoms with E-state index in [1.54, 1.807) is 13.8 Å². The van der Waals surface area contributed by atoms with Gasteiger partial charge in [0.1, 0.15) is 6.04 Å². The summed E-state index contributed by atoms with van der Waals surface area (Å²) in [5.41, 5.74) is 1.89. The van der Waals surface area contributed by atoms with Gasteiger partial charge in [0.05, 0.1) is 7.11 Å². The third-order valence-corrected chi connectivity index (χ3v) is 3.93. The smallest absolute Gasteiger partial charge is 0.329 e. The highest BCUT2D eigenvalue weighted by Crippen LogP contribution is 2.29. The average Bonchev–Trinajstić information content (AvgIpc) is 2.62. The first-order valence-electron chi connectivity index (χ1n) is 8.02. The minimum atomic E-state index is -0.783. The van der Waals surface area contributed by atoms with Crippen molar-refractivity contribution in [3.8, 4) is 0 Å². The first-order valence-corrected chi connectivity index (χ1v) is 8.02. The van der Waals surface area contributed by atoms with E-state index in [1.807, 2.05) is 60.7 Å². The number of carbonyl (C=O) groups is 2. The maximum atomic E-state index is 12.4. The van der Waals surface area contributed by atoms with E-state index < -0.39 is 12.0 Å². The molecule has 24 heavy (non-hydrogen) atoms. The number of ether oxygens (including phenoxy) is 1. The molecule has 4 nitrogen and oxygen atoms in total. The van der Waals surface area contributed by atoms with E-state index in [2.05, 4.69) is 5.32 Å². The Kier molecular flexibility index (Phi) is 6.13. The van der Waals surface area contributed by atoms with Crippen LogP contribution in [0.4, 0.5) is 0 Å². The van der Waals surface area contributed by atoms with Gasteiger partial charge in [-0.2, -0.15) is 0 Å². The number of amides is 1. The summed E-state index contributed by atoms with van der Waals surface area (Å²) in [4.78, 5) is 24.6. The lowest BCUT2D eigenvalue weighted by atomic mass is 9.84. The summed E-state index contributed by atoms with van der Waals surface area (Å²) >= 11 is 0. The fraction of sp³-hybridized carbons (Fsp3) is 0.300. The highest BCUT2D eigenvalue weighted by atomic mass is 16.5. The van der Waals surface area contributed by atoms with Crippen LogP contribution in [-0.4, -0.2) is 25.0 Å². The molecule has 4 heteroatoms. The quantitative estimate of drug-likeness (QED) is 0.830. The van der Waals surface area contributed by atoms with Gasteiger partial charge in [-0.05, 0) is 11.1 Å². The van der Waals surface area contributed by atoms with E-state index in [9.17, 15) is 9.59 Å². The second-order valence-electron chi connectivity index (χ2n) is 5.96. The number of hydrogen-bond donors (Lipinski definition) is 1. The molecule has 1 atom stereocenters. The molecular formula is C20H23NO3. The molecule has 1 amide bonds. The SMILES string of the molecule is COC(=O)[C@H](NC(=O)C(C)C)C(c1ccccc1)c1ccccc1. The predicted molar refractivity (Wildman–Crippen MR) is 93.5 cm³/mol. The average molecular weight is 325 g/mol. The summed E-state index contributed by atoms with van der Waals surface area (Å²) in [6, 6.07) is 18.6. The standard InChI is InChI=1S/C20H23NO3/c1-14(2)19(22)21-18(20(23)24-3)17(15-10-6-4-7-11-15)16-12-8-5-9-13-16/h4-14,17-18H,1-3H3,(H,21,22)/t18-/m1/s1. The van der Waals surface area contributed by atoms with Crippen molar-refractivity contribution in [2.45, 2.75) is 25.8 Å². The lowest BCUT2D eigenvalue weighted by Crippen LogP contribution is -2.47. The van der Waals surface area contributed by atoms with Gasteiger partial charge in [-0.1, -0.05) is 74.5 Å². The summed E-state index contributed by atoms with van der Waals surface area (Å²) in [6.45, 7) is 3.59.